The minimum absolute atomic E-state index is 0.0377. The second-order valence-corrected chi connectivity index (χ2v) is 17.9. The van der Waals surface area contributed by atoms with E-state index in [1.165, 1.54) is 11.8 Å². The monoisotopic (exact) mass is 564 g/mol. The Morgan fingerprint density at radius 2 is 2.03 bits per heavy atom. The Morgan fingerprint density at radius 3 is 2.72 bits per heavy atom. The minimum atomic E-state index is -1.90. The van der Waals surface area contributed by atoms with Crippen LogP contribution in [0.4, 0.5) is 5.69 Å². The lowest BCUT2D eigenvalue weighted by Crippen LogP contribution is -2.44. The Kier molecular flexibility index (Phi) is 8.91. The lowest BCUT2D eigenvalue weighted by Gasteiger charge is -2.38. The van der Waals surface area contributed by atoms with E-state index in [4.69, 9.17) is 4.43 Å². The molecule has 2 aliphatic heterocycles. The van der Waals surface area contributed by atoms with Crippen molar-refractivity contribution in [3.63, 3.8) is 0 Å². The molecule has 2 aromatic carbocycles. The number of likely N-dealkylation sites (tertiary alicyclic amines) is 1. The summed E-state index contributed by atoms with van der Waals surface area (Å²) in [5, 5.41) is 15.6. The molecule has 0 spiro atoms. The molecule has 39 heavy (non-hydrogen) atoms. The predicted octanol–water partition coefficient (Wildman–Crippen LogP) is 5.31. The fraction of sp³-hybridized carbons (Fsp3) is 0.500. The fourth-order valence-corrected chi connectivity index (χ4v) is 7.36. The molecule has 1 unspecified atom stereocenters. The Bertz CT molecular complexity index is 1270. The second kappa shape index (κ2) is 11.8. The Labute approximate surface area is 237 Å². The van der Waals surface area contributed by atoms with E-state index in [1.807, 2.05) is 36.4 Å². The number of nitrogens with zero attached hydrogens (tertiary/aromatic N) is 2. The van der Waals surface area contributed by atoms with Crippen molar-refractivity contribution in [1.82, 2.24) is 10.2 Å². The number of nitrogens with one attached hydrogen (secondary N) is 2. The maximum Gasteiger partial charge on any atom is 0.234 e. The highest BCUT2D eigenvalue weighted by Crippen LogP contribution is 2.41. The van der Waals surface area contributed by atoms with E-state index >= 15 is 0 Å². The SMILES string of the molecule is CNC(=O)C(c1ccc2c(c1)NC(=O)CS2)[C@H](CN1CC[C@H](O[Si](C)(C)C(C)(C)C)C1)c1cccc(C#N)c1. The van der Waals surface area contributed by atoms with Crippen LogP contribution in [0, 0.1) is 11.3 Å². The van der Waals surface area contributed by atoms with E-state index < -0.39 is 14.2 Å². The molecule has 7 nitrogen and oxygen atoms in total. The van der Waals surface area contributed by atoms with Crippen LogP contribution in [0.1, 0.15) is 55.7 Å². The van der Waals surface area contributed by atoms with Crippen LogP contribution in [-0.2, 0) is 14.0 Å². The van der Waals surface area contributed by atoms with Crippen molar-refractivity contribution in [2.75, 3.05) is 37.8 Å². The van der Waals surface area contributed by atoms with E-state index in [-0.39, 0.29) is 28.9 Å². The molecule has 1 saturated heterocycles. The van der Waals surface area contributed by atoms with Gasteiger partial charge in [0.25, 0.3) is 0 Å². The summed E-state index contributed by atoms with van der Waals surface area (Å²) in [4.78, 5) is 29.0. The summed E-state index contributed by atoms with van der Waals surface area (Å²) in [5.74, 6) is -0.440. The average Bonchev–Trinajstić information content (AvgIpc) is 3.33. The first-order valence-electron chi connectivity index (χ1n) is 13.6. The average molecular weight is 565 g/mol. The number of anilines is 1. The van der Waals surface area contributed by atoms with Crippen molar-refractivity contribution >= 4 is 37.6 Å². The van der Waals surface area contributed by atoms with E-state index in [0.29, 0.717) is 17.9 Å². The van der Waals surface area contributed by atoms with Crippen LogP contribution in [0.15, 0.2) is 47.4 Å². The van der Waals surface area contributed by atoms with Crippen molar-refractivity contribution in [1.29, 1.82) is 5.26 Å². The van der Waals surface area contributed by atoms with Crippen molar-refractivity contribution in [2.24, 2.45) is 0 Å². The highest BCUT2D eigenvalue weighted by molar-refractivity contribution is 8.00. The molecule has 2 amide bonds. The van der Waals surface area contributed by atoms with Crippen LogP contribution in [-0.4, -0.2) is 63.6 Å². The first-order valence-corrected chi connectivity index (χ1v) is 17.5. The van der Waals surface area contributed by atoms with E-state index in [2.05, 4.69) is 55.5 Å². The Morgan fingerprint density at radius 1 is 1.26 bits per heavy atom. The summed E-state index contributed by atoms with van der Waals surface area (Å²) in [7, 11) is -0.237. The van der Waals surface area contributed by atoms with E-state index in [0.717, 1.165) is 41.2 Å². The quantitative estimate of drug-likeness (QED) is 0.422. The zero-order chi connectivity index (χ0) is 28.4. The van der Waals surface area contributed by atoms with Gasteiger partial charge in [0, 0.05) is 37.5 Å². The van der Waals surface area contributed by atoms with E-state index in [1.54, 1.807) is 13.1 Å². The smallest absolute Gasteiger partial charge is 0.234 e. The normalized spacial score (nSPS) is 19.5. The lowest BCUT2D eigenvalue weighted by molar-refractivity contribution is -0.122. The highest BCUT2D eigenvalue weighted by Gasteiger charge is 2.41. The van der Waals surface area contributed by atoms with Gasteiger partial charge in [0.1, 0.15) is 0 Å². The summed E-state index contributed by atoms with van der Waals surface area (Å²) in [5.41, 5.74) is 3.11. The number of fused-ring (bicyclic) bond motifs is 1. The molecule has 2 N–H and O–H groups in total. The summed E-state index contributed by atoms with van der Waals surface area (Å²) >= 11 is 1.51. The molecule has 0 aliphatic carbocycles. The number of amides is 2. The topological polar surface area (TPSA) is 94.5 Å². The van der Waals surface area contributed by atoms with Gasteiger partial charge in [0.15, 0.2) is 8.32 Å². The molecule has 0 saturated carbocycles. The van der Waals surface area contributed by atoms with Crippen molar-refractivity contribution in [3.8, 4) is 6.07 Å². The molecular formula is C30H40N4O3SSi. The van der Waals surface area contributed by atoms with Crippen LogP contribution in [0.2, 0.25) is 18.1 Å². The van der Waals surface area contributed by atoms with Gasteiger partial charge < -0.3 is 20.0 Å². The summed E-state index contributed by atoms with van der Waals surface area (Å²) < 4.78 is 6.74. The largest absolute Gasteiger partial charge is 0.413 e. The number of thioether (sulfide) groups is 1. The zero-order valence-corrected chi connectivity index (χ0v) is 25.7. The number of carbonyl (C=O) groups is 2. The second-order valence-electron chi connectivity index (χ2n) is 12.1. The van der Waals surface area contributed by atoms with Gasteiger partial charge in [-0.05, 0) is 59.9 Å². The Hall–Kier alpha value is -2.64. The van der Waals surface area contributed by atoms with Crippen LogP contribution >= 0.6 is 11.8 Å². The maximum atomic E-state index is 13.5. The van der Waals surface area contributed by atoms with Crippen LogP contribution in [0.3, 0.4) is 0 Å². The van der Waals surface area contributed by atoms with Gasteiger partial charge in [-0.3, -0.25) is 9.59 Å². The van der Waals surface area contributed by atoms with Crippen molar-refractivity contribution in [3.05, 3.63) is 59.2 Å². The number of nitriles is 1. The van der Waals surface area contributed by atoms with Gasteiger partial charge in [0.2, 0.25) is 11.8 Å². The third-order valence-electron chi connectivity index (χ3n) is 8.32. The van der Waals surface area contributed by atoms with Crippen LogP contribution < -0.4 is 10.6 Å². The fourth-order valence-electron chi connectivity index (χ4n) is 5.19. The number of hydrogen-bond acceptors (Lipinski definition) is 6. The molecule has 9 heteroatoms. The van der Waals surface area contributed by atoms with Crippen molar-refractivity contribution < 1.29 is 14.0 Å². The van der Waals surface area contributed by atoms with Gasteiger partial charge in [0.05, 0.1) is 35.1 Å². The molecule has 2 heterocycles. The number of carbonyl (C=O) groups excluding carboxylic acids is 2. The Balaban J connectivity index is 1.67. The predicted molar refractivity (Wildman–Crippen MR) is 160 cm³/mol. The van der Waals surface area contributed by atoms with Gasteiger partial charge >= 0.3 is 0 Å². The van der Waals surface area contributed by atoms with Crippen LogP contribution in [0.25, 0.3) is 0 Å². The summed E-state index contributed by atoms with van der Waals surface area (Å²) in [6, 6.07) is 15.8. The molecule has 2 aliphatic rings. The third kappa shape index (κ3) is 6.75. The molecule has 1 fully saturated rings. The number of benzene rings is 2. The van der Waals surface area contributed by atoms with Gasteiger partial charge in [-0.25, -0.2) is 0 Å². The molecular weight excluding hydrogens is 525 g/mol. The summed E-state index contributed by atoms with van der Waals surface area (Å²) in [6.45, 7) is 13.7. The van der Waals surface area contributed by atoms with Gasteiger partial charge in [-0.2, -0.15) is 5.26 Å². The standard InChI is InChI=1S/C30H40N4O3SSi/c1-30(2,3)39(5,6)37-23-12-13-34(17-23)18-24(21-9-7-8-20(14-21)16-31)28(29(36)32-4)22-10-11-26-25(15-22)33-27(35)19-38-26/h7-11,14-15,23-24,28H,12-13,17-19H2,1-6H3,(H,32,36)(H,33,35)/t23-,24+,28?/m0/s1. The number of rotatable bonds is 8. The molecule has 0 radical (unpaired) electrons. The van der Waals surface area contributed by atoms with Gasteiger partial charge in [-0.15, -0.1) is 11.8 Å². The van der Waals surface area contributed by atoms with Crippen molar-refractivity contribution in [2.45, 2.75) is 68.2 Å². The molecule has 0 aromatic heterocycles. The highest BCUT2D eigenvalue weighted by atomic mass is 32.2. The molecule has 3 atom stereocenters. The molecule has 4 rings (SSSR count). The minimum Gasteiger partial charge on any atom is -0.413 e. The first-order chi connectivity index (χ1) is 18.4. The first kappa shape index (κ1) is 29.3. The molecule has 2 aromatic rings. The summed E-state index contributed by atoms with van der Waals surface area (Å²) in [6.07, 6.45) is 1.14. The van der Waals surface area contributed by atoms with E-state index in [9.17, 15) is 14.9 Å². The van der Waals surface area contributed by atoms with Gasteiger partial charge in [-0.1, -0.05) is 39.0 Å². The number of hydrogen-bond donors (Lipinski definition) is 2. The number of likely N-dealkylation sites (N-methyl/N-ethyl adjacent to an activating group) is 1. The van der Waals surface area contributed by atoms with Crippen LogP contribution in [0.5, 0.6) is 0 Å². The lowest BCUT2D eigenvalue weighted by atomic mass is 9.79. The molecule has 208 valence electrons. The maximum absolute atomic E-state index is 13.5. The molecule has 0 bridgehead atoms. The zero-order valence-electron chi connectivity index (χ0n) is 23.8. The third-order valence-corrected chi connectivity index (χ3v) is 13.9.